The van der Waals surface area contributed by atoms with E-state index in [1.165, 1.54) is 6.92 Å². The highest BCUT2D eigenvalue weighted by atomic mass is 16.5. The maximum Gasteiger partial charge on any atom is 0.302 e. The average Bonchev–Trinajstić information content (AvgIpc) is 2.30. The number of aliphatic hydroxyl groups is 2. The molecule has 0 aromatic rings. The quantitative estimate of drug-likeness (QED) is 0.466. The molecule has 0 bridgehead atoms. The van der Waals surface area contributed by atoms with Crippen molar-refractivity contribution < 1.29 is 29.2 Å². The molecule has 6 heteroatoms. The molecule has 0 aromatic carbocycles. The summed E-state index contributed by atoms with van der Waals surface area (Å²) >= 11 is 0. The van der Waals surface area contributed by atoms with E-state index < -0.39 is 0 Å². The summed E-state index contributed by atoms with van der Waals surface area (Å²) in [4.78, 5) is 10.3. The number of carbonyl (C=O) groups is 1. The molecule has 17 heavy (non-hydrogen) atoms. The third kappa shape index (κ3) is 21.2. The van der Waals surface area contributed by atoms with Gasteiger partial charge in [0.25, 0.3) is 0 Å². The molecular weight excluding hydrogens is 228 g/mol. The Hall–Kier alpha value is -0.690. The van der Waals surface area contributed by atoms with Crippen LogP contribution in [0.25, 0.3) is 0 Å². The van der Waals surface area contributed by atoms with Gasteiger partial charge >= 0.3 is 5.97 Å². The van der Waals surface area contributed by atoms with Crippen LogP contribution in [0.15, 0.2) is 0 Å². The Morgan fingerprint density at radius 1 is 1.18 bits per heavy atom. The van der Waals surface area contributed by atoms with E-state index in [0.29, 0.717) is 19.8 Å². The lowest BCUT2D eigenvalue weighted by atomic mass is 10.3. The number of carbonyl (C=O) groups excluding carboxylic acids is 1. The summed E-state index contributed by atoms with van der Waals surface area (Å²) < 4.78 is 14.3. The normalized spacial score (nSPS) is 11.4. The van der Waals surface area contributed by atoms with E-state index in [2.05, 4.69) is 4.74 Å². The lowest BCUT2D eigenvalue weighted by molar-refractivity contribution is -0.141. The molecule has 0 aliphatic heterocycles. The number of aliphatic hydroxyl groups excluding tert-OH is 2. The SMILES string of the molecule is COC(C)CCOC(C)=O.OCCOCCO. The summed E-state index contributed by atoms with van der Waals surface area (Å²) in [5, 5.41) is 16.2. The van der Waals surface area contributed by atoms with Crippen molar-refractivity contribution in [2.75, 3.05) is 40.1 Å². The van der Waals surface area contributed by atoms with Crippen LogP contribution in [0.2, 0.25) is 0 Å². The van der Waals surface area contributed by atoms with E-state index in [-0.39, 0.29) is 25.3 Å². The smallest absolute Gasteiger partial charge is 0.302 e. The second kappa shape index (κ2) is 15.3. The van der Waals surface area contributed by atoms with Gasteiger partial charge in [0.1, 0.15) is 0 Å². The summed E-state index contributed by atoms with van der Waals surface area (Å²) in [6.45, 7) is 4.48. The Balaban J connectivity index is 0. The summed E-state index contributed by atoms with van der Waals surface area (Å²) in [6.07, 6.45) is 0.926. The Morgan fingerprint density at radius 2 is 1.71 bits per heavy atom. The van der Waals surface area contributed by atoms with Gasteiger partial charge in [-0.15, -0.1) is 0 Å². The summed E-state index contributed by atoms with van der Waals surface area (Å²) in [5.74, 6) is -0.233. The minimum Gasteiger partial charge on any atom is -0.466 e. The third-order valence-electron chi connectivity index (χ3n) is 1.70. The van der Waals surface area contributed by atoms with Crippen molar-refractivity contribution >= 4 is 5.97 Å². The van der Waals surface area contributed by atoms with Crippen molar-refractivity contribution in [3.8, 4) is 0 Å². The lowest BCUT2D eigenvalue weighted by Crippen LogP contribution is -2.10. The van der Waals surface area contributed by atoms with Gasteiger partial charge in [0.05, 0.1) is 39.1 Å². The fourth-order valence-corrected chi connectivity index (χ4v) is 0.718. The van der Waals surface area contributed by atoms with E-state index >= 15 is 0 Å². The highest BCUT2D eigenvalue weighted by Crippen LogP contribution is 1.94. The molecule has 0 amide bonds. The minimum absolute atomic E-state index is 0.0278. The molecule has 6 nitrogen and oxygen atoms in total. The van der Waals surface area contributed by atoms with Crippen LogP contribution in [-0.4, -0.2) is 62.4 Å². The number of esters is 1. The van der Waals surface area contributed by atoms with Crippen LogP contribution in [0.3, 0.4) is 0 Å². The molecule has 0 radical (unpaired) electrons. The molecule has 0 heterocycles. The van der Waals surface area contributed by atoms with Gasteiger partial charge in [-0.2, -0.15) is 0 Å². The van der Waals surface area contributed by atoms with Crippen LogP contribution < -0.4 is 0 Å². The molecule has 104 valence electrons. The molecule has 1 atom stereocenters. The van der Waals surface area contributed by atoms with Crippen molar-refractivity contribution in [1.29, 1.82) is 0 Å². The number of hydrogen-bond donors (Lipinski definition) is 2. The number of ether oxygens (including phenoxy) is 3. The first kappa shape index (κ1) is 18.7. The minimum atomic E-state index is -0.233. The zero-order chi connectivity index (χ0) is 13.5. The second-order valence-electron chi connectivity index (χ2n) is 3.23. The predicted molar refractivity (Wildman–Crippen MR) is 62.7 cm³/mol. The molecule has 0 saturated heterocycles. The molecule has 2 N–H and O–H groups in total. The van der Waals surface area contributed by atoms with E-state index in [1.807, 2.05) is 6.92 Å². The first-order valence-corrected chi connectivity index (χ1v) is 5.54. The largest absolute Gasteiger partial charge is 0.466 e. The monoisotopic (exact) mass is 252 g/mol. The predicted octanol–water partition coefficient (Wildman–Crippen LogP) is -0.0379. The molecule has 0 rings (SSSR count). The Kier molecular flexibility index (Phi) is 16.8. The fraction of sp³-hybridized carbons (Fsp3) is 0.909. The maximum atomic E-state index is 10.3. The van der Waals surface area contributed by atoms with Crippen LogP contribution in [-0.2, 0) is 19.0 Å². The van der Waals surface area contributed by atoms with Crippen LogP contribution in [0.1, 0.15) is 20.3 Å². The standard InChI is InChI=1S/C7H14O3.C4H10O3/c1-6(9-3)4-5-10-7(2)8;5-1-3-7-4-2-6/h6H,4-5H2,1-3H3;5-6H,1-4H2. The maximum absolute atomic E-state index is 10.3. The molecule has 0 saturated carbocycles. The van der Waals surface area contributed by atoms with Crippen molar-refractivity contribution in [2.24, 2.45) is 0 Å². The summed E-state index contributed by atoms with van der Waals surface area (Å²) in [7, 11) is 1.64. The topological polar surface area (TPSA) is 85.2 Å². The van der Waals surface area contributed by atoms with E-state index in [9.17, 15) is 4.79 Å². The highest BCUT2D eigenvalue weighted by molar-refractivity contribution is 5.65. The Bertz CT molecular complexity index is 158. The van der Waals surface area contributed by atoms with Gasteiger partial charge < -0.3 is 24.4 Å². The van der Waals surface area contributed by atoms with Crippen molar-refractivity contribution in [3.05, 3.63) is 0 Å². The van der Waals surface area contributed by atoms with Crippen LogP contribution in [0.4, 0.5) is 0 Å². The van der Waals surface area contributed by atoms with Gasteiger partial charge in [0.15, 0.2) is 0 Å². The van der Waals surface area contributed by atoms with Crippen LogP contribution in [0.5, 0.6) is 0 Å². The Morgan fingerprint density at radius 3 is 2.06 bits per heavy atom. The van der Waals surface area contributed by atoms with Crippen molar-refractivity contribution in [3.63, 3.8) is 0 Å². The van der Waals surface area contributed by atoms with E-state index in [0.717, 1.165) is 6.42 Å². The van der Waals surface area contributed by atoms with Crippen molar-refractivity contribution in [2.45, 2.75) is 26.4 Å². The average molecular weight is 252 g/mol. The molecule has 0 spiro atoms. The van der Waals surface area contributed by atoms with Gasteiger partial charge in [-0.25, -0.2) is 0 Å². The molecule has 0 aliphatic carbocycles. The van der Waals surface area contributed by atoms with Gasteiger partial charge in [-0.3, -0.25) is 4.79 Å². The molecular formula is C11H24O6. The molecule has 0 fully saturated rings. The van der Waals surface area contributed by atoms with Gasteiger partial charge in [0.2, 0.25) is 0 Å². The Labute approximate surface area is 102 Å². The first-order valence-electron chi connectivity index (χ1n) is 5.54. The number of rotatable bonds is 8. The van der Waals surface area contributed by atoms with Gasteiger partial charge in [0, 0.05) is 20.5 Å². The number of hydrogen-bond acceptors (Lipinski definition) is 6. The molecule has 1 unspecified atom stereocenters. The summed E-state index contributed by atoms with van der Waals surface area (Å²) in [6, 6.07) is 0. The number of methoxy groups -OCH3 is 1. The van der Waals surface area contributed by atoms with Crippen LogP contribution in [0, 0.1) is 0 Å². The fourth-order valence-electron chi connectivity index (χ4n) is 0.718. The van der Waals surface area contributed by atoms with E-state index in [1.54, 1.807) is 7.11 Å². The summed E-state index contributed by atoms with van der Waals surface area (Å²) in [5.41, 5.74) is 0. The third-order valence-corrected chi connectivity index (χ3v) is 1.70. The van der Waals surface area contributed by atoms with E-state index in [4.69, 9.17) is 19.7 Å². The van der Waals surface area contributed by atoms with Crippen LogP contribution >= 0.6 is 0 Å². The molecule has 0 aliphatic rings. The lowest BCUT2D eigenvalue weighted by Gasteiger charge is -2.07. The zero-order valence-electron chi connectivity index (χ0n) is 10.8. The van der Waals surface area contributed by atoms with Crippen molar-refractivity contribution in [1.82, 2.24) is 0 Å². The van der Waals surface area contributed by atoms with Gasteiger partial charge in [-0.05, 0) is 6.92 Å². The second-order valence-corrected chi connectivity index (χ2v) is 3.23. The zero-order valence-corrected chi connectivity index (χ0v) is 10.8. The van der Waals surface area contributed by atoms with Gasteiger partial charge in [-0.1, -0.05) is 0 Å². The highest BCUT2D eigenvalue weighted by Gasteiger charge is 1.99. The molecule has 0 aromatic heterocycles. The first-order chi connectivity index (χ1) is 8.08.